The van der Waals surface area contributed by atoms with Crippen LogP contribution < -0.4 is 0 Å². The molecule has 14 heavy (non-hydrogen) atoms. The predicted octanol–water partition coefficient (Wildman–Crippen LogP) is 1.33. The molecule has 3 nitrogen and oxygen atoms in total. The van der Waals surface area contributed by atoms with E-state index in [1.807, 2.05) is 20.8 Å². The minimum atomic E-state index is -0.275. The van der Waals surface area contributed by atoms with Crippen LogP contribution in [0.15, 0.2) is 11.1 Å². The quantitative estimate of drug-likeness (QED) is 0.591. The van der Waals surface area contributed by atoms with Gasteiger partial charge >= 0.3 is 5.97 Å². The second-order valence-corrected chi connectivity index (χ2v) is 4.31. The molecule has 1 aliphatic carbocycles. The van der Waals surface area contributed by atoms with E-state index in [-0.39, 0.29) is 36.1 Å². The van der Waals surface area contributed by atoms with Gasteiger partial charge in [0.15, 0.2) is 5.78 Å². The number of ketones is 1. The number of hydrogen-bond acceptors (Lipinski definition) is 3. The Bertz CT molecular complexity index is 338. The van der Waals surface area contributed by atoms with Crippen molar-refractivity contribution in [3.8, 4) is 0 Å². The lowest BCUT2D eigenvalue weighted by molar-refractivity contribution is -0.140. The van der Waals surface area contributed by atoms with Crippen LogP contribution in [0.4, 0.5) is 0 Å². The van der Waals surface area contributed by atoms with Crippen molar-refractivity contribution in [3.63, 3.8) is 0 Å². The smallest absolute Gasteiger partial charge is 0.314 e. The number of carbonyl (C=O) groups excluding carboxylic acids is 2. The second kappa shape index (κ2) is 2.94. The van der Waals surface area contributed by atoms with Crippen LogP contribution in [-0.2, 0) is 14.3 Å². The van der Waals surface area contributed by atoms with Gasteiger partial charge in [-0.3, -0.25) is 9.59 Å². The first-order chi connectivity index (χ1) is 6.54. The van der Waals surface area contributed by atoms with Gasteiger partial charge in [-0.1, -0.05) is 13.8 Å². The summed E-state index contributed by atoms with van der Waals surface area (Å²) in [6, 6.07) is 0. The Labute approximate surface area is 83.1 Å². The van der Waals surface area contributed by atoms with Crippen LogP contribution in [0.25, 0.3) is 0 Å². The van der Waals surface area contributed by atoms with Crippen LogP contribution in [0.3, 0.4) is 0 Å². The van der Waals surface area contributed by atoms with Gasteiger partial charge in [0, 0.05) is 0 Å². The zero-order chi connectivity index (χ0) is 10.5. The van der Waals surface area contributed by atoms with Crippen molar-refractivity contribution < 1.29 is 14.3 Å². The van der Waals surface area contributed by atoms with Gasteiger partial charge in [0.2, 0.25) is 0 Å². The highest BCUT2D eigenvalue weighted by Gasteiger charge is 2.50. The van der Waals surface area contributed by atoms with E-state index in [9.17, 15) is 9.59 Å². The van der Waals surface area contributed by atoms with Crippen molar-refractivity contribution in [1.82, 2.24) is 0 Å². The number of esters is 1. The maximum absolute atomic E-state index is 11.8. The lowest BCUT2D eigenvalue weighted by Crippen LogP contribution is -2.19. The molecule has 0 spiro atoms. The van der Waals surface area contributed by atoms with Gasteiger partial charge < -0.3 is 4.74 Å². The van der Waals surface area contributed by atoms with Gasteiger partial charge in [0.1, 0.15) is 6.61 Å². The second-order valence-electron chi connectivity index (χ2n) is 4.31. The van der Waals surface area contributed by atoms with Crippen molar-refractivity contribution in [2.24, 2.45) is 17.8 Å². The molecule has 0 radical (unpaired) electrons. The molecule has 2 aliphatic rings. The summed E-state index contributed by atoms with van der Waals surface area (Å²) in [5.41, 5.74) is 1.77. The summed E-state index contributed by atoms with van der Waals surface area (Å²) in [5.74, 6) is -0.365. The molecule has 1 fully saturated rings. The molecule has 0 N–H and O–H groups in total. The fourth-order valence-electron chi connectivity index (χ4n) is 2.54. The van der Waals surface area contributed by atoms with Crippen molar-refractivity contribution in [1.29, 1.82) is 0 Å². The Balaban J connectivity index is 2.45. The number of rotatable bonds is 1. The lowest BCUT2D eigenvalue weighted by Gasteiger charge is -2.12. The molecule has 0 amide bonds. The molecule has 0 saturated carbocycles. The van der Waals surface area contributed by atoms with Gasteiger partial charge in [0.05, 0.1) is 11.8 Å². The summed E-state index contributed by atoms with van der Waals surface area (Å²) >= 11 is 0. The maximum Gasteiger partial charge on any atom is 0.314 e. The molecule has 0 aromatic carbocycles. The molecular formula is C11H14O3. The van der Waals surface area contributed by atoms with Crippen molar-refractivity contribution in [2.75, 3.05) is 6.61 Å². The molecule has 2 atom stereocenters. The third kappa shape index (κ3) is 1.04. The number of Topliss-reactive ketones (excluding diaryl/α,β-unsaturated/α-hetero) is 1. The Morgan fingerprint density at radius 2 is 2.00 bits per heavy atom. The van der Waals surface area contributed by atoms with Gasteiger partial charge in [0.25, 0.3) is 0 Å². The minimum Gasteiger partial charge on any atom is -0.464 e. The summed E-state index contributed by atoms with van der Waals surface area (Å²) in [5, 5.41) is 0. The highest BCUT2D eigenvalue weighted by Crippen LogP contribution is 2.42. The summed E-state index contributed by atoms with van der Waals surface area (Å²) in [6.45, 7) is 6.12. The molecule has 2 rings (SSSR count). The van der Waals surface area contributed by atoms with Crippen LogP contribution in [-0.4, -0.2) is 18.4 Å². The molecule has 1 aliphatic heterocycles. The van der Waals surface area contributed by atoms with Gasteiger partial charge in [-0.25, -0.2) is 0 Å². The number of allylic oxidation sites excluding steroid dienone is 1. The highest BCUT2D eigenvalue weighted by atomic mass is 16.5. The zero-order valence-electron chi connectivity index (χ0n) is 8.66. The third-order valence-electron chi connectivity index (χ3n) is 3.16. The average molecular weight is 194 g/mol. The van der Waals surface area contributed by atoms with E-state index in [0.717, 1.165) is 11.1 Å². The summed E-state index contributed by atoms with van der Waals surface area (Å²) in [7, 11) is 0. The molecule has 3 heteroatoms. The van der Waals surface area contributed by atoms with Crippen LogP contribution in [0, 0.1) is 17.8 Å². The average Bonchev–Trinajstić information content (AvgIpc) is 2.57. The fraction of sp³-hybridized carbons (Fsp3) is 0.636. The van der Waals surface area contributed by atoms with Crippen molar-refractivity contribution >= 4 is 11.8 Å². The van der Waals surface area contributed by atoms with E-state index < -0.39 is 0 Å². The minimum absolute atomic E-state index is 0.101. The number of carbonyl (C=O) groups is 2. The summed E-state index contributed by atoms with van der Waals surface area (Å²) in [6.07, 6.45) is 0. The monoisotopic (exact) mass is 194 g/mol. The molecular weight excluding hydrogens is 180 g/mol. The molecule has 76 valence electrons. The summed E-state index contributed by atoms with van der Waals surface area (Å²) < 4.78 is 4.93. The summed E-state index contributed by atoms with van der Waals surface area (Å²) in [4.78, 5) is 23.2. The molecule has 0 unspecified atom stereocenters. The first-order valence-electron chi connectivity index (χ1n) is 4.95. The van der Waals surface area contributed by atoms with E-state index in [0.29, 0.717) is 0 Å². The standard InChI is InChI=1S/C11H14O3/c1-5(2)8-6(3)10(12)7-4-14-11(13)9(7)8/h5,7,9H,4H2,1-3H3/t7-,9+/m0/s1. The number of ether oxygens (including phenoxy) is 1. The number of cyclic esters (lactones) is 1. The van der Waals surface area contributed by atoms with Gasteiger partial charge in [-0.05, 0) is 24.0 Å². The van der Waals surface area contributed by atoms with Crippen molar-refractivity contribution in [3.05, 3.63) is 11.1 Å². The van der Waals surface area contributed by atoms with Crippen molar-refractivity contribution in [2.45, 2.75) is 20.8 Å². The van der Waals surface area contributed by atoms with E-state index in [1.165, 1.54) is 0 Å². The van der Waals surface area contributed by atoms with E-state index in [2.05, 4.69) is 0 Å². The third-order valence-corrected chi connectivity index (χ3v) is 3.16. The van der Waals surface area contributed by atoms with Crippen LogP contribution in [0.5, 0.6) is 0 Å². The van der Waals surface area contributed by atoms with E-state index >= 15 is 0 Å². The number of fused-ring (bicyclic) bond motifs is 1. The van der Waals surface area contributed by atoms with E-state index in [1.54, 1.807) is 0 Å². The highest BCUT2D eigenvalue weighted by molar-refractivity contribution is 6.06. The van der Waals surface area contributed by atoms with E-state index in [4.69, 9.17) is 4.74 Å². The molecule has 0 aromatic heterocycles. The zero-order valence-corrected chi connectivity index (χ0v) is 8.66. The normalized spacial score (nSPS) is 31.4. The largest absolute Gasteiger partial charge is 0.464 e. The fourth-order valence-corrected chi connectivity index (χ4v) is 2.54. The van der Waals surface area contributed by atoms with Gasteiger partial charge in [-0.15, -0.1) is 0 Å². The lowest BCUT2D eigenvalue weighted by atomic mass is 9.88. The predicted molar refractivity (Wildman–Crippen MR) is 50.5 cm³/mol. The molecule has 1 heterocycles. The number of hydrogen-bond donors (Lipinski definition) is 0. The Hall–Kier alpha value is -1.12. The van der Waals surface area contributed by atoms with Crippen LogP contribution >= 0.6 is 0 Å². The molecule has 0 bridgehead atoms. The Morgan fingerprint density at radius 3 is 2.57 bits per heavy atom. The Kier molecular flexibility index (Phi) is 1.98. The first kappa shape index (κ1) is 9.44. The molecule has 1 saturated heterocycles. The maximum atomic E-state index is 11.8. The SMILES string of the molecule is CC1=C(C(C)C)[C@@H]2C(=O)OC[C@@H]2C1=O. The first-order valence-corrected chi connectivity index (χ1v) is 4.95. The Morgan fingerprint density at radius 1 is 1.36 bits per heavy atom. The van der Waals surface area contributed by atoms with Crippen LogP contribution in [0.2, 0.25) is 0 Å². The molecule has 0 aromatic rings. The van der Waals surface area contributed by atoms with Crippen LogP contribution in [0.1, 0.15) is 20.8 Å². The van der Waals surface area contributed by atoms with Gasteiger partial charge in [-0.2, -0.15) is 0 Å². The topological polar surface area (TPSA) is 43.4 Å².